The molecule has 1 aromatic rings. The molecule has 1 fully saturated rings. The molecular formula is C12H19N3OS. The number of carbonyl (C=O) groups excluding carboxylic acids is 1. The fourth-order valence-corrected chi connectivity index (χ4v) is 2.89. The summed E-state index contributed by atoms with van der Waals surface area (Å²) >= 11 is 1.61. The number of hydrogen-bond donors (Lipinski definition) is 0. The predicted octanol–water partition coefficient (Wildman–Crippen LogP) is 2.21. The largest absolute Gasteiger partial charge is 0.324 e. The molecule has 2 rings (SSSR count). The number of aromatic nitrogens is 2. The van der Waals surface area contributed by atoms with Gasteiger partial charge >= 0.3 is 0 Å². The molecule has 4 nitrogen and oxygen atoms in total. The van der Waals surface area contributed by atoms with Gasteiger partial charge in [0.25, 0.3) is 0 Å². The van der Waals surface area contributed by atoms with Crippen LogP contribution in [-0.4, -0.2) is 33.2 Å². The number of imidazole rings is 1. The summed E-state index contributed by atoms with van der Waals surface area (Å²) in [6.45, 7) is 3.72. The summed E-state index contributed by atoms with van der Waals surface area (Å²) in [4.78, 5) is 18.1. The lowest BCUT2D eigenvalue weighted by atomic mass is 10.0. The maximum Gasteiger partial charge on any atom is 0.224 e. The van der Waals surface area contributed by atoms with Crippen molar-refractivity contribution in [3.05, 3.63) is 12.4 Å². The molecule has 1 aliphatic rings. The Labute approximate surface area is 106 Å². The molecular weight excluding hydrogens is 234 g/mol. The maximum atomic E-state index is 11.9. The number of likely N-dealkylation sites (tertiary alicyclic amines) is 1. The molecule has 94 valence electrons. The van der Waals surface area contributed by atoms with Gasteiger partial charge < -0.3 is 9.47 Å². The lowest BCUT2D eigenvalue weighted by Crippen LogP contribution is -2.28. The van der Waals surface area contributed by atoms with E-state index in [9.17, 15) is 4.79 Å². The molecule has 0 N–H and O–H groups in total. The van der Waals surface area contributed by atoms with Gasteiger partial charge in [0.15, 0.2) is 5.16 Å². The van der Waals surface area contributed by atoms with Crippen molar-refractivity contribution >= 4 is 17.7 Å². The minimum atomic E-state index is 0.282. The molecule has 1 atom stereocenters. The van der Waals surface area contributed by atoms with Crippen LogP contribution in [0.4, 0.5) is 0 Å². The lowest BCUT2D eigenvalue weighted by Gasteiger charge is -2.18. The van der Waals surface area contributed by atoms with Crippen molar-refractivity contribution < 1.29 is 4.79 Å². The highest BCUT2D eigenvalue weighted by Crippen LogP contribution is 2.23. The van der Waals surface area contributed by atoms with Crippen LogP contribution < -0.4 is 0 Å². The van der Waals surface area contributed by atoms with E-state index in [1.54, 1.807) is 18.0 Å². The van der Waals surface area contributed by atoms with Crippen LogP contribution in [0.2, 0.25) is 0 Å². The summed E-state index contributed by atoms with van der Waals surface area (Å²) in [5.74, 6) is 0.831. The second kappa shape index (κ2) is 5.58. The van der Waals surface area contributed by atoms with Gasteiger partial charge in [0.2, 0.25) is 5.91 Å². The van der Waals surface area contributed by atoms with Crippen LogP contribution in [0, 0.1) is 5.92 Å². The van der Waals surface area contributed by atoms with Crippen LogP contribution in [0.5, 0.6) is 0 Å². The van der Waals surface area contributed by atoms with Crippen LogP contribution in [0.15, 0.2) is 17.6 Å². The minimum absolute atomic E-state index is 0.282. The normalized spacial score (nSPS) is 20.2. The first-order valence-corrected chi connectivity index (χ1v) is 7.30. The average Bonchev–Trinajstić information content (AvgIpc) is 2.88. The molecule has 1 amide bonds. The zero-order valence-electron chi connectivity index (χ0n) is 10.4. The van der Waals surface area contributed by atoms with Crippen LogP contribution in [0.3, 0.4) is 0 Å². The van der Waals surface area contributed by atoms with Crippen LogP contribution >= 0.6 is 11.8 Å². The van der Waals surface area contributed by atoms with Crippen LogP contribution in [-0.2, 0) is 11.5 Å². The quantitative estimate of drug-likeness (QED) is 0.755. The number of rotatable bonds is 5. The van der Waals surface area contributed by atoms with E-state index in [4.69, 9.17) is 0 Å². The summed E-state index contributed by atoms with van der Waals surface area (Å²) in [7, 11) is 0. The van der Waals surface area contributed by atoms with E-state index >= 15 is 0 Å². The first-order chi connectivity index (χ1) is 8.24. The molecule has 1 unspecified atom stereocenters. The van der Waals surface area contributed by atoms with E-state index in [0.717, 1.165) is 31.0 Å². The fourth-order valence-electron chi connectivity index (χ4n) is 2.37. The fraction of sp³-hybridized carbons (Fsp3) is 0.667. The van der Waals surface area contributed by atoms with Crippen molar-refractivity contribution in [1.82, 2.24) is 14.5 Å². The van der Waals surface area contributed by atoms with E-state index in [1.807, 2.05) is 21.9 Å². The Morgan fingerprint density at radius 3 is 3.12 bits per heavy atom. The van der Waals surface area contributed by atoms with Gasteiger partial charge in [0.1, 0.15) is 0 Å². The van der Waals surface area contributed by atoms with Gasteiger partial charge in [-0.3, -0.25) is 4.79 Å². The van der Waals surface area contributed by atoms with Crippen molar-refractivity contribution in [3.63, 3.8) is 0 Å². The Morgan fingerprint density at radius 1 is 1.59 bits per heavy atom. The van der Waals surface area contributed by atoms with Gasteiger partial charge in [-0.05, 0) is 18.6 Å². The second-order valence-electron chi connectivity index (χ2n) is 4.50. The predicted molar refractivity (Wildman–Crippen MR) is 68.7 cm³/mol. The van der Waals surface area contributed by atoms with Crippen molar-refractivity contribution in [3.8, 4) is 0 Å². The van der Waals surface area contributed by atoms with Gasteiger partial charge in [-0.25, -0.2) is 4.98 Å². The van der Waals surface area contributed by atoms with E-state index in [0.29, 0.717) is 12.6 Å². The first-order valence-electron chi connectivity index (χ1n) is 6.07. The Kier molecular flexibility index (Phi) is 4.10. The molecule has 1 saturated heterocycles. The molecule has 0 saturated carbocycles. The highest BCUT2D eigenvalue weighted by atomic mass is 32.2. The van der Waals surface area contributed by atoms with E-state index in [-0.39, 0.29) is 5.91 Å². The standard InChI is InChI=1S/C12H19N3OS/c1-3-4-10-7-11(16)15(8-10)9-14-6-5-13-12(14)17-2/h5-6,10H,3-4,7-9H2,1-2H3. The topological polar surface area (TPSA) is 38.1 Å². The first kappa shape index (κ1) is 12.5. The van der Waals surface area contributed by atoms with Gasteiger partial charge in [0.05, 0.1) is 6.67 Å². The summed E-state index contributed by atoms with van der Waals surface area (Å²) in [5, 5.41) is 0.969. The van der Waals surface area contributed by atoms with Crippen molar-refractivity contribution in [2.75, 3.05) is 12.8 Å². The van der Waals surface area contributed by atoms with Gasteiger partial charge in [-0.2, -0.15) is 0 Å². The third-order valence-electron chi connectivity index (χ3n) is 3.17. The molecule has 1 aliphatic heterocycles. The van der Waals surface area contributed by atoms with E-state index < -0.39 is 0 Å². The van der Waals surface area contributed by atoms with Crippen LogP contribution in [0.25, 0.3) is 0 Å². The van der Waals surface area contributed by atoms with Crippen LogP contribution in [0.1, 0.15) is 26.2 Å². The van der Waals surface area contributed by atoms with Crippen molar-refractivity contribution in [1.29, 1.82) is 0 Å². The van der Waals surface area contributed by atoms with Gasteiger partial charge in [0, 0.05) is 25.4 Å². The number of carbonyl (C=O) groups is 1. The number of thioether (sulfide) groups is 1. The Balaban J connectivity index is 1.98. The molecule has 5 heteroatoms. The zero-order valence-corrected chi connectivity index (χ0v) is 11.2. The smallest absolute Gasteiger partial charge is 0.224 e. The monoisotopic (exact) mass is 253 g/mol. The molecule has 0 bridgehead atoms. The van der Waals surface area contributed by atoms with Crippen molar-refractivity contribution in [2.24, 2.45) is 5.92 Å². The highest BCUT2D eigenvalue weighted by Gasteiger charge is 2.29. The number of nitrogens with zero attached hydrogens (tertiary/aromatic N) is 3. The maximum absolute atomic E-state index is 11.9. The minimum Gasteiger partial charge on any atom is -0.324 e. The molecule has 0 aromatic carbocycles. The summed E-state index contributed by atoms with van der Waals surface area (Å²) in [6.07, 6.45) is 8.76. The Bertz CT molecular complexity index is 391. The van der Waals surface area contributed by atoms with E-state index in [1.165, 1.54) is 0 Å². The molecule has 1 aromatic heterocycles. The summed E-state index contributed by atoms with van der Waals surface area (Å²) < 4.78 is 2.04. The van der Waals surface area contributed by atoms with Gasteiger partial charge in [-0.15, -0.1) is 0 Å². The number of hydrogen-bond acceptors (Lipinski definition) is 3. The molecule has 0 aliphatic carbocycles. The highest BCUT2D eigenvalue weighted by molar-refractivity contribution is 7.98. The van der Waals surface area contributed by atoms with Gasteiger partial charge in [-0.1, -0.05) is 25.1 Å². The summed E-state index contributed by atoms with van der Waals surface area (Å²) in [5.41, 5.74) is 0. The summed E-state index contributed by atoms with van der Waals surface area (Å²) in [6, 6.07) is 0. The average molecular weight is 253 g/mol. The number of amides is 1. The SMILES string of the molecule is CCCC1CC(=O)N(Cn2ccnc2SC)C1. The molecule has 0 spiro atoms. The zero-order chi connectivity index (χ0) is 12.3. The second-order valence-corrected chi connectivity index (χ2v) is 5.27. The van der Waals surface area contributed by atoms with Crippen molar-refractivity contribution in [2.45, 2.75) is 38.0 Å². The molecule has 2 heterocycles. The Hall–Kier alpha value is -0.970. The molecule has 17 heavy (non-hydrogen) atoms. The third kappa shape index (κ3) is 2.83. The Morgan fingerprint density at radius 2 is 2.41 bits per heavy atom. The molecule has 0 radical (unpaired) electrons. The third-order valence-corrected chi connectivity index (χ3v) is 3.88. The lowest BCUT2D eigenvalue weighted by molar-refractivity contribution is -0.129. The van der Waals surface area contributed by atoms with E-state index in [2.05, 4.69) is 11.9 Å².